The highest BCUT2D eigenvalue weighted by atomic mass is 32.1. The number of carbonyl (C=O) groups excluding carboxylic acids is 1. The number of nitrogens with one attached hydrogen (secondary N) is 1. The Labute approximate surface area is 90.5 Å². The second-order valence-electron chi connectivity index (χ2n) is 2.80. The highest BCUT2D eigenvalue weighted by Gasteiger charge is 2.20. The van der Waals surface area contributed by atoms with Crippen LogP contribution in [0.1, 0.15) is 5.01 Å². The van der Waals surface area contributed by atoms with Crippen LogP contribution in [-0.2, 0) is 9.53 Å². The molecule has 0 aromatic carbocycles. The molecule has 0 fully saturated rings. The van der Waals surface area contributed by atoms with Crippen LogP contribution in [0.4, 0.5) is 0 Å². The SMILES string of the molecule is COC(=O)C1=C(c2nccs2)NC=NC1. The largest absolute Gasteiger partial charge is 0.466 e. The molecule has 0 unspecified atom stereocenters. The Morgan fingerprint density at radius 3 is 3.20 bits per heavy atom. The van der Waals surface area contributed by atoms with Gasteiger partial charge in [-0.15, -0.1) is 11.3 Å². The topological polar surface area (TPSA) is 63.6 Å². The number of carbonyl (C=O) groups is 1. The summed E-state index contributed by atoms with van der Waals surface area (Å²) >= 11 is 1.46. The molecule has 0 spiro atoms. The van der Waals surface area contributed by atoms with E-state index in [1.165, 1.54) is 18.4 Å². The number of hydrogen-bond donors (Lipinski definition) is 1. The summed E-state index contributed by atoms with van der Waals surface area (Å²) in [6.07, 6.45) is 3.25. The number of ether oxygens (including phenoxy) is 1. The Kier molecular flexibility index (Phi) is 2.77. The standard InChI is InChI=1S/C9H9N3O2S/c1-14-9(13)6-4-10-5-12-7(6)8-11-2-3-15-8/h2-3,5H,4H2,1H3,(H,10,12). The molecule has 0 bridgehead atoms. The van der Waals surface area contributed by atoms with Crippen LogP contribution >= 0.6 is 11.3 Å². The van der Waals surface area contributed by atoms with Gasteiger partial charge >= 0.3 is 5.97 Å². The number of nitrogens with zero attached hydrogens (tertiary/aromatic N) is 2. The Balaban J connectivity index is 2.39. The van der Waals surface area contributed by atoms with Crippen molar-refractivity contribution >= 4 is 29.3 Å². The lowest BCUT2D eigenvalue weighted by Crippen LogP contribution is -2.23. The van der Waals surface area contributed by atoms with Crippen LogP contribution in [0.2, 0.25) is 0 Å². The molecule has 2 rings (SSSR count). The van der Waals surface area contributed by atoms with Crippen molar-refractivity contribution in [3.8, 4) is 0 Å². The van der Waals surface area contributed by atoms with E-state index in [0.29, 0.717) is 17.8 Å². The summed E-state index contributed by atoms with van der Waals surface area (Å²) in [5.74, 6) is -0.371. The maximum absolute atomic E-state index is 11.5. The maximum Gasteiger partial charge on any atom is 0.337 e. The van der Waals surface area contributed by atoms with E-state index in [9.17, 15) is 4.79 Å². The average molecular weight is 223 g/mol. The van der Waals surface area contributed by atoms with Gasteiger partial charge in [-0.3, -0.25) is 4.99 Å². The van der Waals surface area contributed by atoms with Gasteiger partial charge in [-0.1, -0.05) is 0 Å². The van der Waals surface area contributed by atoms with E-state index >= 15 is 0 Å². The number of hydrogen-bond acceptors (Lipinski definition) is 6. The van der Waals surface area contributed by atoms with Crippen LogP contribution in [0, 0.1) is 0 Å². The monoisotopic (exact) mass is 223 g/mol. The second kappa shape index (κ2) is 4.22. The maximum atomic E-state index is 11.5. The first-order chi connectivity index (χ1) is 7.33. The second-order valence-corrected chi connectivity index (χ2v) is 3.69. The molecule has 0 aliphatic carbocycles. The zero-order valence-corrected chi connectivity index (χ0v) is 8.87. The van der Waals surface area contributed by atoms with Crippen LogP contribution in [0.15, 0.2) is 22.1 Å². The van der Waals surface area contributed by atoms with E-state index in [2.05, 4.69) is 20.0 Å². The number of methoxy groups -OCH3 is 1. The molecule has 2 heterocycles. The molecule has 0 atom stereocenters. The van der Waals surface area contributed by atoms with E-state index in [1.807, 2.05) is 5.38 Å². The van der Waals surface area contributed by atoms with Crippen molar-refractivity contribution in [2.24, 2.45) is 4.99 Å². The first-order valence-corrected chi connectivity index (χ1v) is 5.17. The number of rotatable bonds is 2. The molecular formula is C9H9N3O2S. The smallest absolute Gasteiger partial charge is 0.337 e. The lowest BCUT2D eigenvalue weighted by atomic mass is 10.2. The van der Waals surface area contributed by atoms with Crippen LogP contribution in [0.3, 0.4) is 0 Å². The van der Waals surface area contributed by atoms with Gasteiger partial charge < -0.3 is 10.1 Å². The molecular weight excluding hydrogens is 214 g/mol. The zero-order chi connectivity index (χ0) is 10.7. The van der Waals surface area contributed by atoms with Gasteiger partial charge in [0.15, 0.2) is 0 Å². The van der Waals surface area contributed by atoms with Gasteiger partial charge in [0.2, 0.25) is 0 Å². The summed E-state index contributed by atoms with van der Waals surface area (Å²) < 4.78 is 4.68. The Hall–Kier alpha value is -1.69. The van der Waals surface area contributed by atoms with Gasteiger partial charge in [0.25, 0.3) is 0 Å². The molecule has 1 N–H and O–H groups in total. The minimum atomic E-state index is -0.371. The summed E-state index contributed by atoms with van der Waals surface area (Å²) in [4.78, 5) is 19.6. The molecule has 0 saturated heterocycles. The Morgan fingerprint density at radius 2 is 2.53 bits per heavy atom. The minimum Gasteiger partial charge on any atom is -0.466 e. The normalized spacial score (nSPS) is 15.0. The van der Waals surface area contributed by atoms with E-state index in [1.54, 1.807) is 12.5 Å². The van der Waals surface area contributed by atoms with E-state index in [4.69, 9.17) is 0 Å². The van der Waals surface area contributed by atoms with Crippen LogP contribution in [0.5, 0.6) is 0 Å². The van der Waals surface area contributed by atoms with Gasteiger partial charge in [-0.05, 0) is 0 Å². The fraction of sp³-hybridized carbons (Fsp3) is 0.222. The molecule has 5 nitrogen and oxygen atoms in total. The molecule has 1 aromatic heterocycles. The fourth-order valence-electron chi connectivity index (χ4n) is 1.24. The van der Waals surface area contributed by atoms with Crippen LogP contribution < -0.4 is 5.32 Å². The first kappa shape index (κ1) is 9.85. The predicted octanol–water partition coefficient (Wildman–Crippen LogP) is 0.659. The lowest BCUT2D eigenvalue weighted by Gasteiger charge is -2.13. The minimum absolute atomic E-state index is 0.328. The molecule has 15 heavy (non-hydrogen) atoms. The summed E-state index contributed by atoms with van der Waals surface area (Å²) in [5, 5.41) is 5.54. The van der Waals surface area contributed by atoms with Gasteiger partial charge in [0, 0.05) is 11.6 Å². The third-order valence-electron chi connectivity index (χ3n) is 1.93. The third kappa shape index (κ3) is 1.89. The van der Waals surface area contributed by atoms with Gasteiger partial charge in [-0.2, -0.15) is 0 Å². The predicted molar refractivity (Wildman–Crippen MR) is 57.5 cm³/mol. The van der Waals surface area contributed by atoms with E-state index in [0.717, 1.165) is 5.01 Å². The molecule has 1 aliphatic heterocycles. The zero-order valence-electron chi connectivity index (χ0n) is 8.06. The number of aliphatic imine (C=N–C) groups is 1. The van der Waals surface area contributed by atoms with Crippen molar-refractivity contribution < 1.29 is 9.53 Å². The molecule has 78 valence electrons. The van der Waals surface area contributed by atoms with Gasteiger partial charge in [0.05, 0.1) is 31.3 Å². The van der Waals surface area contributed by atoms with Crippen molar-refractivity contribution in [2.45, 2.75) is 0 Å². The number of aromatic nitrogens is 1. The van der Waals surface area contributed by atoms with E-state index in [-0.39, 0.29) is 5.97 Å². The molecule has 1 aromatic rings. The summed E-state index contributed by atoms with van der Waals surface area (Å²) in [5.41, 5.74) is 1.20. The summed E-state index contributed by atoms with van der Waals surface area (Å²) in [6.45, 7) is 0.328. The molecule has 0 radical (unpaired) electrons. The summed E-state index contributed by atoms with van der Waals surface area (Å²) in [7, 11) is 1.35. The van der Waals surface area contributed by atoms with Crippen molar-refractivity contribution in [2.75, 3.05) is 13.7 Å². The highest BCUT2D eigenvalue weighted by molar-refractivity contribution is 7.10. The highest BCUT2D eigenvalue weighted by Crippen LogP contribution is 2.20. The molecule has 1 aliphatic rings. The van der Waals surface area contributed by atoms with Crippen molar-refractivity contribution in [1.29, 1.82) is 0 Å². The van der Waals surface area contributed by atoms with Crippen LogP contribution in [0.25, 0.3) is 5.70 Å². The summed E-state index contributed by atoms with van der Waals surface area (Å²) in [6, 6.07) is 0. The average Bonchev–Trinajstić information content (AvgIpc) is 2.81. The lowest BCUT2D eigenvalue weighted by molar-refractivity contribution is -0.136. The number of thiazole rings is 1. The number of esters is 1. The third-order valence-corrected chi connectivity index (χ3v) is 2.72. The molecule has 6 heteroatoms. The fourth-order valence-corrected chi connectivity index (χ4v) is 1.91. The van der Waals surface area contributed by atoms with E-state index < -0.39 is 0 Å². The van der Waals surface area contributed by atoms with Crippen molar-refractivity contribution in [3.05, 3.63) is 22.2 Å². The van der Waals surface area contributed by atoms with Crippen LogP contribution in [-0.4, -0.2) is 30.9 Å². The quantitative estimate of drug-likeness (QED) is 0.748. The van der Waals surface area contributed by atoms with Crippen molar-refractivity contribution in [3.63, 3.8) is 0 Å². The molecule has 0 amide bonds. The first-order valence-electron chi connectivity index (χ1n) is 4.29. The van der Waals surface area contributed by atoms with Gasteiger partial charge in [-0.25, -0.2) is 9.78 Å². The Bertz CT molecular complexity index is 423. The Morgan fingerprint density at radius 1 is 1.67 bits per heavy atom. The van der Waals surface area contributed by atoms with Crippen molar-refractivity contribution in [1.82, 2.24) is 10.3 Å². The van der Waals surface area contributed by atoms with Gasteiger partial charge in [0.1, 0.15) is 5.01 Å². The molecule has 0 saturated carbocycles.